The van der Waals surface area contributed by atoms with Crippen molar-refractivity contribution in [2.45, 2.75) is 6.61 Å². The van der Waals surface area contributed by atoms with E-state index in [1.807, 2.05) is 0 Å². The predicted molar refractivity (Wildman–Crippen MR) is 70.6 cm³/mol. The molecule has 0 radical (unpaired) electrons. The Bertz CT molecular complexity index is 604. The Kier molecular flexibility index (Phi) is 4.07. The van der Waals surface area contributed by atoms with Gasteiger partial charge < -0.3 is 5.11 Å². The number of aliphatic hydroxyl groups excluding tert-OH is 1. The van der Waals surface area contributed by atoms with Gasteiger partial charge in [-0.1, -0.05) is 40.9 Å². The number of aromatic nitrogens is 1. The van der Waals surface area contributed by atoms with Crippen molar-refractivity contribution in [1.82, 2.24) is 4.98 Å². The molecule has 0 bridgehead atoms. The van der Waals surface area contributed by atoms with Gasteiger partial charge in [0.25, 0.3) is 0 Å². The first-order valence-corrected chi connectivity index (χ1v) is 6.07. The van der Waals surface area contributed by atoms with Crippen molar-refractivity contribution in [3.63, 3.8) is 0 Å². The molecule has 2 rings (SSSR count). The molecule has 2 aromatic rings. The van der Waals surface area contributed by atoms with E-state index in [1.165, 1.54) is 18.3 Å². The molecule has 0 saturated heterocycles. The molecule has 0 aliphatic carbocycles. The van der Waals surface area contributed by atoms with Crippen LogP contribution in [0.3, 0.4) is 0 Å². The maximum absolute atomic E-state index is 13.7. The topological polar surface area (TPSA) is 33.1 Å². The van der Waals surface area contributed by atoms with Crippen LogP contribution in [-0.2, 0) is 6.61 Å². The minimum absolute atomic E-state index is 0.153. The zero-order valence-corrected chi connectivity index (χ0v) is 11.2. The summed E-state index contributed by atoms with van der Waals surface area (Å²) >= 11 is 17.7. The van der Waals surface area contributed by atoms with E-state index >= 15 is 0 Å². The molecular formula is C12H7Cl3FNO. The van der Waals surface area contributed by atoms with E-state index in [0.717, 1.165) is 0 Å². The average molecular weight is 307 g/mol. The molecule has 6 heteroatoms. The number of hydrogen-bond acceptors (Lipinski definition) is 2. The zero-order chi connectivity index (χ0) is 13.3. The van der Waals surface area contributed by atoms with Crippen LogP contribution >= 0.6 is 34.8 Å². The Morgan fingerprint density at radius 1 is 1.11 bits per heavy atom. The van der Waals surface area contributed by atoms with Crippen LogP contribution in [0.15, 0.2) is 24.4 Å². The first-order valence-electron chi connectivity index (χ1n) is 4.93. The van der Waals surface area contributed by atoms with Crippen molar-refractivity contribution in [3.8, 4) is 11.1 Å². The summed E-state index contributed by atoms with van der Waals surface area (Å²) in [4.78, 5) is 3.56. The van der Waals surface area contributed by atoms with Gasteiger partial charge in [0.05, 0.1) is 21.7 Å². The first kappa shape index (κ1) is 13.6. The first-order chi connectivity index (χ1) is 8.54. The number of nitrogens with zero attached hydrogens (tertiary/aromatic N) is 1. The van der Waals surface area contributed by atoms with Crippen LogP contribution in [-0.4, -0.2) is 10.1 Å². The summed E-state index contributed by atoms with van der Waals surface area (Å²) in [5, 5.41) is 9.62. The molecule has 2 nitrogen and oxygen atoms in total. The Balaban J connectivity index is 2.65. The lowest BCUT2D eigenvalue weighted by Crippen LogP contribution is -1.94. The van der Waals surface area contributed by atoms with Crippen LogP contribution in [0.1, 0.15) is 5.56 Å². The molecule has 1 N–H and O–H groups in total. The molecule has 1 heterocycles. The second-order valence-electron chi connectivity index (χ2n) is 3.56. The van der Waals surface area contributed by atoms with E-state index in [0.29, 0.717) is 11.1 Å². The lowest BCUT2D eigenvalue weighted by atomic mass is 10.1. The van der Waals surface area contributed by atoms with Gasteiger partial charge in [-0.05, 0) is 17.7 Å². The molecule has 0 fully saturated rings. The fourth-order valence-corrected chi connectivity index (χ4v) is 2.14. The van der Waals surface area contributed by atoms with Gasteiger partial charge in [0.15, 0.2) is 0 Å². The zero-order valence-electron chi connectivity index (χ0n) is 8.92. The van der Waals surface area contributed by atoms with Crippen LogP contribution in [0.5, 0.6) is 0 Å². The van der Waals surface area contributed by atoms with Gasteiger partial charge in [-0.2, -0.15) is 4.39 Å². The van der Waals surface area contributed by atoms with Crippen molar-refractivity contribution in [1.29, 1.82) is 0 Å². The van der Waals surface area contributed by atoms with Crippen LogP contribution in [0, 0.1) is 5.95 Å². The average Bonchev–Trinajstić information content (AvgIpc) is 2.37. The number of benzene rings is 1. The van der Waals surface area contributed by atoms with Crippen molar-refractivity contribution in [2.24, 2.45) is 0 Å². The summed E-state index contributed by atoms with van der Waals surface area (Å²) in [6, 6.07) is 4.54. The second kappa shape index (κ2) is 5.41. The number of rotatable bonds is 2. The fraction of sp³-hybridized carbons (Fsp3) is 0.0833. The van der Waals surface area contributed by atoms with Gasteiger partial charge >= 0.3 is 0 Å². The maximum Gasteiger partial charge on any atom is 0.220 e. The minimum Gasteiger partial charge on any atom is -0.392 e. The van der Waals surface area contributed by atoms with E-state index in [4.69, 9.17) is 39.9 Å². The third-order valence-electron chi connectivity index (χ3n) is 2.40. The largest absolute Gasteiger partial charge is 0.392 e. The number of hydrogen-bond donors (Lipinski definition) is 1. The molecule has 0 saturated carbocycles. The van der Waals surface area contributed by atoms with Crippen LogP contribution in [0.25, 0.3) is 11.1 Å². The second-order valence-corrected chi connectivity index (χ2v) is 4.73. The van der Waals surface area contributed by atoms with Gasteiger partial charge in [0, 0.05) is 17.3 Å². The highest BCUT2D eigenvalue weighted by molar-refractivity contribution is 6.49. The van der Waals surface area contributed by atoms with E-state index < -0.39 is 5.95 Å². The molecule has 0 unspecified atom stereocenters. The molecule has 1 aromatic heterocycles. The van der Waals surface area contributed by atoms with Gasteiger partial charge in [0.1, 0.15) is 0 Å². The quantitative estimate of drug-likeness (QED) is 0.661. The van der Waals surface area contributed by atoms with Gasteiger partial charge in [-0.3, -0.25) is 0 Å². The molecule has 18 heavy (non-hydrogen) atoms. The van der Waals surface area contributed by atoms with Crippen molar-refractivity contribution in [2.75, 3.05) is 0 Å². The summed E-state index contributed by atoms with van der Waals surface area (Å²) < 4.78 is 13.7. The molecule has 0 atom stereocenters. The molecule has 0 aliphatic heterocycles. The Morgan fingerprint density at radius 3 is 2.50 bits per heavy atom. The van der Waals surface area contributed by atoms with Gasteiger partial charge in [0.2, 0.25) is 5.95 Å². The lowest BCUT2D eigenvalue weighted by Gasteiger charge is -2.09. The highest BCUT2D eigenvalue weighted by atomic mass is 35.5. The monoisotopic (exact) mass is 305 g/mol. The summed E-state index contributed by atoms with van der Waals surface area (Å²) in [5.74, 6) is -0.688. The van der Waals surface area contributed by atoms with Crippen LogP contribution < -0.4 is 0 Å². The van der Waals surface area contributed by atoms with Crippen LogP contribution in [0.4, 0.5) is 4.39 Å². The third kappa shape index (κ3) is 2.45. The molecule has 0 spiro atoms. The number of pyridine rings is 1. The maximum atomic E-state index is 13.7. The van der Waals surface area contributed by atoms with Crippen molar-refractivity contribution < 1.29 is 9.50 Å². The number of aliphatic hydroxyl groups is 1. The predicted octanol–water partition coefficient (Wildman–Crippen LogP) is 4.34. The Hall–Kier alpha value is -0.870. The van der Waals surface area contributed by atoms with E-state index in [1.54, 1.807) is 6.07 Å². The van der Waals surface area contributed by atoms with E-state index in [2.05, 4.69) is 4.98 Å². The van der Waals surface area contributed by atoms with Gasteiger partial charge in [-0.25, -0.2) is 4.98 Å². The summed E-state index contributed by atoms with van der Waals surface area (Å²) in [6.07, 6.45) is 1.25. The fourth-order valence-electron chi connectivity index (χ4n) is 1.50. The van der Waals surface area contributed by atoms with E-state index in [9.17, 15) is 4.39 Å². The molecule has 0 aliphatic rings. The highest BCUT2D eigenvalue weighted by Gasteiger charge is 2.15. The van der Waals surface area contributed by atoms with Crippen molar-refractivity contribution >= 4 is 34.8 Å². The van der Waals surface area contributed by atoms with E-state index in [-0.39, 0.29) is 27.2 Å². The SMILES string of the molecule is OCc1cnc(F)c(-c2ccc(Cl)c(Cl)c2Cl)c1. The summed E-state index contributed by atoms with van der Waals surface area (Å²) in [6.45, 7) is -0.237. The highest BCUT2D eigenvalue weighted by Crippen LogP contribution is 2.38. The molecule has 94 valence electrons. The minimum atomic E-state index is -0.688. The number of halogens is 4. The Morgan fingerprint density at radius 2 is 1.83 bits per heavy atom. The van der Waals surface area contributed by atoms with Crippen molar-refractivity contribution in [3.05, 3.63) is 51.0 Å². The summed E-state index contributed by atoms with van der Waals surface area (Å²) in [5.41, 5.74) is 1.03. The lowest BCUT2D eigenvalue weighted by molar-refractivity contribution is 0.281. The molecule has 1 aromatic carbocycles. The smallest absolute Gasteiger partial charge is 0.220 e. The normalized spacial score (nSPS) is 10.7. The molecular weight excluding hydrogens is 299 g/mol. The third-order valence-corrected chi connectivity index (χ3v) is 3.70. The standard InChI is InChI=1S/C12H7Cl3FNO/c13-9-2-1-7(10(14)11(9)15)8-3-6(5-18)4-17-12(8)16/h1-4,18H,5H2. The van der Waals surface area contributed by atoms with Gasteiger partial charge in [-0.15, -0.1) is 0 Å². The van der Waals surface area contributed by atoms with Crippen LogP contribution in [0.2, 0.25) is 15.1 Å². The Labute approximate surface area is 118 Å². The molecule has 0 amide bonds. The summed E-state index contributed by atoms with van der Waals surface area (Å²) in [7, 11) is 0.